The van der Waals surface area contributed by atoms with Crippen molar-refractivity contribution in [1.29, 1.82) is 0 Å². The predicted octanol–water partition coefficient (Wildman–Crippen LogP) is 14.3. The van der Waals surface area contributed by atoms with Gasteiger partial charge in [-0.05, 0) is 77.0 Å². The van der Waals surface area contributed by atoms with E-state index in [2.05, 4.69) is 106 Å². The summed E-state index contributed by atoms with van der Waals surface area (Å²) < 4.78 is 17.1. The van der Waals surface area contributed by atoms with E-state index < -0.39 is 6.10 Å². The average Bonchev–Trinajstić information content (AvgIpc) is 3.17. The van der Waals surface area contributed by atoms with Crippen LogP contribution in [-0.2, 0) is 23.8 Å². The molecule has 0 aliphatic rings. The first-order valence-corrected chi connectivity index (χ1v) is 21.8. The Morgan fingerprint density at radius 2 is 0.889 bits per heavy atom. The van der Waals surface area contributed by atoms with Gasteiger partial charge in [0.25, 0.3) is 0 Å². The molecule has 0 aromatic heterocycles. The van der Waals surface area contributed by atoms with E-state index in [-0.39, 0.29) is 31.6 Å². The van der Waals surface area contributed by atoms with E-state index in [0.29, 0.717) is 13.0 Å². The van der Waals surface area contributed by atoms with Crippen LogP contribution >= 0.6 is 0 Å². The maximum absolute atomic E-state index is 12.7. The summed E-state index contributed by atoms with van der Waals surface area (Å²) in [4.78, 5) is 25.1. The molecule has 0 N–H and O–H groups in total. The third kappa shape index (κ3) is 41.6. The largest absolute Gasteiger partial charge is 0.461 e. The highest BCUT2D eigenvalue weighted by atomic mass is 16.6. The van der Waals surface area contributed by atoms with Crippen LogP contribution in [0.5, 0.6) is 0 Å². The highest BCUT2D eigenvalue weighted by Gasteiger charge is 2.17. The molecule has 0 fully saturated rings. The van der Waals surface area contributed by atoms with Gasteiger partial charge in [-0.1, -0.05) is 182 Å². The lowest BCUT2D eigenvalue weighted by molar-refractivity contribution is -0.162. The van der Waals surface area contributed by atoms with Crippen LogP contribution in [0.1, 0.15) is 175 Å². The van der Waals surface area contributed by atoms with Crippen LogP contribution in [0.15, 0.2) is 97.2 Å². The molecule has 5 nitrogen and oxygen atoms in total. The maximum atomic E-state index is 12.7. The van der Waals surface area contributed by atoms with E-state index in [9.17, 15) is 9.59 Å². The van der Waals surface area contributed by atoms with Crippen molar-refractivity contribution in [3.63, 3.8) is 0 Å². The van der Waals surface area contributed by atoms with Crippen LogP contribution in [0.4, 0.5) is 0 Å². The number of hydrogen-bond donors (Lipinski definition) is 0. The standard InChI is InChI=1S/C49H80O5/c1-4-7-10-13-16-19-22-24-25-27-28-30-33-36-39-42-48(50)53-46-47(45-52-44-41-38-35-32-21-18-15-12-9-6-3)54-49(51)43-40-37-34-31-29-26-23-20-17-14-11-8-5-2/h7-8,10-11,16-17,19-20,24-26,28-30,36,39,47H,4-6,9,12-15,18,21-23,27,31-35,37-38,40-46H2,1-3H3/b10-7-,11-8-,19-16-,20-17-,25-24-,29-26-,30-28-,39-36-. The fraction of sp³-hybridized carbons (Fsp3) is 0.633. The fourth-order valence-corrected chi connectivity index (χ4v) is 5.48. The monoisotopic (exact) mass is 749 g/mol. The molecule has 54 heavy (non-hydrogen) atoms. The number of ether oxygens (including phenoxy) is 3. The molecule has 306 valence electrons. The Morgan fingerprint density at radius 1 is 0.444 bits per heavy atom. The van der Waals surface area contributed by atoms with Gasteiger partial charge in [-0.25, -0.2) is 0 Å². The van der Waals surface area contributed by atoms with E-state index in [1.54, 1.807) is 0 Å². The van der Waals surface area contributed by atoms with Crippen LogP contribution in [0, 0.1) is 0 Å². The first-order valence-electron chi connectivity index (χ1n) is 21.8. The summed E-state index contributed by atoms with van der Waals surface area (Å²) in [5.74, 6) is -0.585. The van der Waals surface area contributed by atoms with Crippen molar-refractivity contribution in [1.82, 2.24) is 0 Å². The quantitative estimate of drug-likeness (QED) is 0.0357. The molecule has 0 aromatic carbocycles. The van der Waals surface area contributed by atoms with Crippen molar-refractivity contribution in [3.8, 4) is 0 Å². The molecule has 5 heteroatoms. The first kappa shape index (κ1) is 50.8. The van der Waals surface area contributed by atoms with E-state index in [1.807, 2.05) is 12.2 Å². The third-order valence-corrected chi connectivity index (χ3v) is 8.65. The van der Waals surface area contributed by atoms with Gasteiger partial charge in [-0.3, -0.25) is 9.59 Å². The molecule has 0 saturated carbocycles. The number of rotatable bonds is 38. The Bertz CT molecular complexity index is 1070. The second-order valence-electron chi connectivity index (χ2n) is 13.9. The van der Waals surface area contributed by atoms with Gasteiger partial charge in [0, 0.05) is 13.0 Å². The van der Waals surface area contributed by atoms with Gasteiger partial charge < -0.3 is 14.2 Å². The van der Waals surface area contributed by atoms with E-state index in [4.69, 9.17) is 14.2 Å². The zero-order valence-electron chi connectivity index (χ0n) is 34.9. The Balaban J connectivity index is 4.45. The normalized spacial score (nSPS) is 13.2. The van der Waals surface area contributed by atoms with Crippen molar-refractivity contribution in [2.24, 2.45) is 0 Å². The van der Waals surface area contributed by atoms with Gasteiger partial charge in [0.1, 0.15) is 6.61 Å². The minimum atomic E-state index is -0.591. The molecule has 0 bridgehead atoms. The van der Waals surface area contributed by atoms with Crippen LogP contribution in [-0.4, -0.2) is 37.9 Å². The van der Waals surface area contributed by atoms with Crippen LogP contribution in [0.2, 0.25) is 0 Å². The summed E-state index contributed by atoms with van der Waals surface area (Å²) in [6.45, 7) is 7.43. The summed E-state index contributed by atoms with van der Waals surface area (Å²) in [6.07, 6.45) is 58.6. The highest BCUT2D eigenvalue weighted by Crippen LogP contribution is 2.11. The smallest absolute Gasteiger partial charge is 0.309 e. The van der Waals surface area contributed by atoms with Crippen LogP contribution < -0.4 is 0 Å². The van der Waals surface area contributed by atoms with Gasteiger partial charge in [0.2, 0.25) is 0 Å². The zero-order valence-corrected chi connectivity index (χ0v) is 34.9. The summed E-state index contributed by atoms with van der Waals surface area (Å²) in [5, 5.41) is 0. The molecule has 0 aliphatic heterocycles. The minimum absolute atomic E-state index is 0.0153. The Kier molecular flexibility index (Phi) is 41.6. The predicted molar refractivity (Wildman–Crippen MR) is 233 cm³/mol. The molecule has 0 rings (SSSR count). The van der Waals surface area contributed by atoms with Crippen molar-refractivity contribution in [3.05, 3.63) is 97.2 Å². The number of esters is 2. The molecule has 0 spiro atoms. The van der Waals surface area contributed by atoms with E-state index >= 15 is 0 Å². The molecule has 0 aliphatic carbocycles. The SMILES string of the molecule is CC/C=C\C/C=C\C/C=C\C/C=C\C/C=C\CC(=O)OCC(COCCCCCCCCCCCC)OC(=O)CCCCC/C=C\C/C=C\C/C=C\CC. The maximum Gasteiger partial charge on any atom is 0.309 e. The number of allylic oxidation sites excluding steroid dienone is 15. The molecule has 0 heterocycles. The molecule has 0 saturated heterocycles. The average molecular weight is 749 g/mol. The van der Waals surface area contributed by atoms with Gasteiger partial charge in [-0.2, -0.15) is 0 Å². The van der Waals surface area contributed by atoms with Gasteiger partial charge >= 0.3 is 11.9 Å². The molecule has 1 unspecified atom stereocenters. The van der Waals surface area contributed by atoms with Gasteiger partial charge in [-0.15, -0.1) is 0 Å². The Morgan fingerprint density at radius 3 is 1.41 bits per heavy atom. The second-order valence-corrected chi connectivity index (χ2v) is 13.9. The van der Waals surface area contributed by atoms with Gasteiger partial charge in [0.15, 0.2) is 6.10 Å². The molecular weight excluding hydrogens is 669 g/mol. The van der Waals surface area contributed by atoms with Crippen LogP contribution in [0.3, 0.4) is 0 Å². The Labute approximate surface area is 332 Å². The number of unbranched alkanes of at least 4 members (excludes halogenated alkanes) is 12. The fourth-order valence-electron chi connectivity index (χ4n) is 5.48. The molecule has 0 radical (unpaired) electrons. The van der Waals surface area contributed by atoms with Crippen molar-refractivity contribution >= 4 is 11.9 Å². The second kappa shape index (κ2) is 44.2. The highest BCUT2D eigenvalue weighted by molar-refractivity contribution is 5.71. The van der Waals surface area contributed by atoms with E-state index in [0.717, 1.165) is 89.9 Å². The summed E-state index contributed by atoms with van der Waals surface area (Å²) in [5.41, 5.74) is 0. The van der Waals surface area contributed by atoms with Crippen molar-refractivity contribution in [2.75, 3.05) is 19.8 Å². The Hall–Kier alpha value is -3.18. The zero-order chi connectivity index (χ0) is 39.3. The molecule has 0 aromatic rings. The number of carbonyl (C=O) groups is 2. The lowest BCUT2D eigenvalue weighted by Crippen LogP contribution is -2.30. The lowest BCUT2D eigenvalue weighted by atomic mass is 10.1. The van der Waals surface area contributed by atoms with Crippen molar-refractivity contribution in [2.45, 2.75) is 181 Å². The molecular formula is C49H80O5. The number of hydrogen-bond acceptors (Lipinski definition) is 5. The summed E-state index contributed by atoms with van der Waals surface area (Å²) in [6, 6.07) is 0. The summed E-state index contributed by atoms with van der Waals surface area (Å²) in [7, 11) is 0. The third-order valence-electron chi connectivity index (χ3n) is 8.65. The molecule has 0 amide bonds. The lowest BCUT2D eigenvalue weighted by Gasteiger charge is -2.18. The van der Waals surface area contributed by atoms with Crippen LogP contribution in [0.25, 0.3) is 0 Å². The molecule has 1 atom stereocenters. The van der Waals surface area contributed by atoms with Crippen molar-refractivity contribution < 1.29 is 23.8 Å². The minimum Gasteiger partial charge on any atom is -0.461 e. The topological polar surface area (TPSA) is 61.8 Å². The summed E-state index contributed by atoms with van der Waals surface area (Å²) >= 11 is 0. The van der Waals surface area contributed by atoms with E-state index in [1.165, 1.54) is 51.4 Å². The first-order chi connectivity index (χ1) is 26.6. The van der Waals surface area contributed by atoms with Gasteiger partial charge in [0.05, 0.1) is 13.0 Å². The number of carbonyl (C=O) groups excluding carboxylic acids is 2.